The van der Waals surface area contributed by atoms with Gasteiger partial charge in [-0.3, -0.25) is 0 Å². The minimum atomic E-state index is -4.52. The maximum absolute atomic E-state index is 13.3. The fraction of sp³-hybridized carbons (Fsp3) is 0.250. The average Bonchev–Trinajstić information content (AvgIpc) is 2.61. The molecule has 1 heterocycles. The van der Waals surface area contributed by atoms with Gasteiger partial charge < -0.3 is 4.74 Å². The third-order valence-corrected chi connectivity index (χ3v) is 4.27. The number of aryl methyl sites for hydroxylation is 2. The highest BCUT2D eigenvalue weighted by Gasteiger charge is 2.34. The molecule has 27 heavy (non-hydrogen) atoms. The Morgan fingerprint density at radius 2 is 1.89 bits per heavy atom. The van der Waals surface area contributed by atoms with E-state index >= 15 is 0 Å². The lowest BCUT2D eigenvalue weighted by molar-refractivity contribution is -0.137. The molecule has 0 saturated carbocycles. The minimum Gasteiger partial charge on any atom is -0.462 e. The summed E-state index contributed by atoms with van der Waals surface area (Å²) in [6, 6.07) is 6.88. The summed E-state index contributed by atoms with van der Waals surface area (Å²) >= 11 is 0. The normalized spacial score (nSPS) is 11.6. The number of alkyl halides is 3. The number of halogens is 3. The minimum absolute atomic E-state index is 0.0443. The van der Waals surface area contributed by atoms with Gasteiger partial charge in [0, 0.05) is 17.1 Å². The third kappa shape index (κ3) is 3.49. The molecule has 0 aliphatic carbocycles. The summed E-state index contributed by atoms with van der Waals surface area (Å²) in [6.45, 7) is 5.40. The Morgan fingerprint density at radius 1 is 1.19 bits per heavy atom. The van der Waals surface area contributed by atoms with E-state index in [1.165, 1.54) is 24.4 Å². The fourth-order valence-corrected chi connectivity index (χ4v) is 3.09. The van der Waals surface area contributed by atoms with Crippen molar-refractivity contribution in [3.63, 3.8) is 0 Å². The first-order chi connectivity index (χ1) is 12.7. The number of hydrogen-bond acceptors (Lipinski definition) is 4. The van der Waals surface area contributed by atoms with E-state index in [1.807, 2.05) is 0 Å². The molecular formula is C20H17F3N2O2. The van der Waals surface area contributed by atoms with Crippen molar-refractivity contribution in [1.82, 2.24) is 9.97 Å². The molecule has 0 unspecified atom stereocenters. The number of nitrogens with zero attached hydrogens (tertiary/aromatic N) is 2. The number of ether oxygens (including phenoxy) is 1. The van der Waals surface area contributed by atoms with E-state index in [-0.39, 0.29) is 18.0 Å². The first-order valence-electron chi connectivity index (χ1n) is 8.34. The molecule has 0 atom stereocenters. The van der Waals surface area contributed by atoms with Gasteiger partial charge in [-0.1, -0.05) is 18.2 Å². The van der Waals surface area contributed by atoms with Crippen molar-refractivity contribution >= 4 is 16.9 Å². The molecule has 0 aliphatic heterocycles. The van der Waals surface area contributed by atoms with Crippen LogP contribution in [0.5, 0.6) is 0 Å². The molecular weight excluding hydrogens is 357 g/mol. The van der Waals surface area contributed by atoms with Gasteiger partial charge in [-0.2, -0.15) is 13.2 Å². The number of esters is 1. The van der Waals surface area contributed by atoms with Gasteiger partial charge in [-0.05, 0) is 44.0 Å². The topological polar surface area (TPSA) is 52.1 Å². The first kappa shape index (κ1) is 18.8. The number of hydrogen-bond donors (Lipinski definition) is 0. The number of carbonyl (C=O) groups excluding carboxylic acids is 1. The predicted octanol–water partition coefficient (Wildman–Crippen LogP) is 5.11. The van der Waals surface area contributed by atoms with E-state index in [4.69, 9.17) is 4.74 Å². The number of fused-ring (bicyclic) bond motifs is 1. The summed E-state index contributed by atoms with van der Waals surface area (Å²) in [6.07, 6.45) is -3.05. The molecule has 0 fully saturated rings. The van der Waals surface area contributed by atoms with Gasteiger partial charge >= 0.3 is 12.1 Å². The lowest BCUT2D eigenvalue weighted by Crippen LogP contribution is -2.10. The van der Waals surface area contributed by atoms with Gasteiger partial charge in [-0.15, -0.1) is 0 Å². The smallest absolute Gasteiger partial charge is 0.417 e. The van der Waals surface area contributed by atoms with Crippen LogP contribution in [0.15, 0.2) is 36.5 Å². The molecule has 0 saturated heterocycles. The molecule has 0 spiro atoms. The number of carbonyl (C=O) groups is 1. The second-order valence-corrected chi connectivity index (χ2v) is 6.09. The molecule has 2 aromatic carbocycles. The average molecular weight is 374 g/mol. The van der Waals surface area contributed by atoms with Crippen molar-refractivity contribution in [2.24, 2.45) is 0 Å². The number of benzene rings is 2. The van der Waals surface area contributed by atoms with Crippen molar-refractivity contribution in [3.05, 3.63) is 58.8 Å². The molecule has 3 rings (SSSR count). The van der Waals surface area contributed by atoms with Gasteiger partial charge in [-0.25, -0.2) is 14.8 Å². The highest BCUT2D eigenvalue weighted by molar-refractivity contribution is 5.99. The van der Waals surface area contributed by atoms with Crippen LogP contribution >= 0.6 is 0 Å². The van der Waals surface area contributed by atoms with Gasteiger partial charge in [0.2, 0.25) is 0 Å². The molecule has 0 radical (unpaired) electrons. The Hall–Kier alpha value is -2.96. The largest absolute Gasteiger partial charge is 0.462 e. The SMILES string of the molecule is CCOC(=O)c1c(C)cc2cnc(-c3ccccc3C(F)(F)F)nc2c1C. The molecule has 0 amide bonds. The summed E-state index contributed by atoms with van der Waals surface area (Å²) in [5.41, 5.74) is 1.13. The van der Waals surface area contributed by atoms with Crippen molar-refractivity contribution in [1.29, 1.82) is 0 Å². The molecule has 0 N–H and O–H groups in total. The third-order valence-electron chi connectivity index (χ3n) is 4.27. The van der Waals surface area contributed by atoms with Crippen LogP contribution in [0.1, 0.15) is 34.0 Å². The zero-order chi connectivity index (χ0) is 19.8. The van der Waals surface area contributed by atoms with Crippen molar-refractivity contribution in [3.8, 4) is 11.4 Å². The second-order valence-electron chi connectivity index (χ2n) is 6.09. The molecule has 0 aliphatic rings. The van der Waals surface area contributed by atoms with Gasteiger partial charge in [0.05, 0.1) is 23.3 Å². The van der Waals surface area contributed by atoms with E-state index < -0.39 is 17.7 Å². The highest BCUT2D eigenvalue weighted by Crippen LogP contribution is 2.36. The zero-order valence-electron chi connectivity index (χ0n) is 15.0. The quantitative estimate of drug-likeness (QED) is 0.598. The maximum atomic E-state index is 13.3. The summed E-state index contributed by atoms with van der Waals surface area (Å²) in [4.78, 5) is 20.7. The second kappa shape index (κ2) is 6.98. The Labute approximate surface area is 154 Å². The van der Waals surface area contributed by atoms with Crippen LogP contribution in [0.25, 0.3) is 22.3 Å². The molecule has 1 aromatic heterocycles. The highest BCUT2D eigenvalue weighted by atomic mass is 19.4. The summed E-state index contributed by atoms with van der Waals surface area (Å²) in [5, 5.41) is 0.645. The van der Waals surface area contributed by atoms with Crippen LogP contribution in [-0.2, 0) is 10.9 Å². The van der Waals surface area contributed by atoms with Gasteiger partial charge in [0.1, 0.15) is 0 Å². The van der Waals surface area contributed by atoms with Crippen LogP contribution < -0.4 is 0 Å². The molecule has 0 bridgehead atoms. The van der Waals surface area contributed by atoms with Crippen LogP contribution in [-0.4, -0.2) is 22.5 Å². The van der Waals surface area contributed by atoms with E-state index in [0.717, 1.165) is 6.07 Å². The summed E-state index contributed by atoms with van der Waals surface area (Å²) < 4.78 is 45.0. The Kier molecular flexibility index (Phi) is 4.87. The Morgan fingerprint density at radius 3 is 2.56 bits per heavy atom. The van der Waals surface area contributed by atoms with Crippen LogP contribution in [0.4, 0.5) is 13.2 Å². The maximum Gasteiger partial charge on any atom is 0.417 e. The molecule has 3 aromatic rings. The fourth-order valence-electron chi connectivity index (χ4n) is 3.09. The van der Waals surface area contributed by atoms with Crippen molar-refractivity contribution < 1.29 is 22.7 Å². The van der Waals surface area contributed by atoms with Crippen LogP contribution in [0.3, 0.4) is 0 Å². The van der Waals surface area contributed by atoms with Crippen molar-refractivity contribution in [2.45, 2.75) is 26.9 Å². The lowest BCUT2D eigenvalue weighted by Gasteiger charge is -2.14. The lowest BCUT2D eigenvalue weighted by atomic mass is 9.99. The first-order valence-corrected chi connectivity index (χ1v) is 8.34. The summed E-state index contributed by atoms with van der Waals surface area (Å²) in [7, 11) is 0. The number of aromatic nitrogens is 2. The monoisotopic (exact) mass is 374 g/mol. The summed E-state index contributed by atoms with van der Waals surface area (Å²) in [5.74, 6) is -0.526. The van der Waals surface area contributed by atoms with E-state index in [2.05, 4.69) is 9.97 Å². The molecule has 4 nitrogen and oxygen atoms in total. The standard InChI is InChI=1S/C20H17F3N2O2/c1-4-27-19(26)16-11(2)9-13-10-24-18(25-17(13)12(16)3)14-7-5-6-8-15(14)20(21,22)23/h5-10H,4H2,1-3H3. The van der Waals surface area contributed by atoms with Crippen LogP contribution in [0, 0.1) is 13.8 Å². The predicted molar refractivity (Wildman–Crippen MR) is 95.4 cm³/mol. The van der Waals surface area contributed by atoms with E-state index in [0.29, 0.717) is 27.6 Å². The van der Waals surface area contributed by atoms with Gasteiger partial charge in [0.25, 0.3) is 0 Å². The zero-order valence-corrected chi connectivity index (χ0v) is 15.0. The van der Waals surface area contributed by atoms with E-state index in [1.54, 1.807) is 26.8 Å². The Balaban J connectivity index is 2.23. The Bertz CT molecular complexity index is 1030. The van der Waals surface area contributed by atoms with Crippen LogP contribution in [0.2, 0.25) is 0 Å². The van der Waals surface area contributed by atoms with E-state index in [9.17, 15) is 18.0 Å². The van der Waals surface area contributed by atoms with Crippen molar-refractivity contribution in [2.75, 3.05) is 6.61 Å². The molecule has 7 heteroatoms. The van der Waals surface area contributed by atoms with Gasteiger partial charge in [0.15, 0.2) is 5.82 Å². The number of rotatable bonds is 3. The molecule has 140 valence electrons.